The Labute approximate surface area is 93.7 Å². The van der Waals surface area contributed by atoms with Gasteiger partial charge in [0.1, 0.15) is 5.75 Å². The maximum Gasteiger partial charge on any atom is 0.318 e. The monoisotopic (exact) mass is 242 g/mol. The predicted octanol–water partition coefficient (Wildman–Crippen LogP) is -1.03. The molecule has 0 saturated carbocycles. The summed E-state index contributed by atoms with van der Waals surface area (Å²) < 4.78 is 11.6. The lowest BCUT2D eigenvalue weighted by Gasteiger charge is -2.03. The third-order valence-electron chi connectivity index (χ3n) is 1.54. The van der Waals surface area contributed by atoms with E-state index in [0.717, 1.165) is 0 Å². The number of hydrogen-bond donors (Lipinski definition) is 3. The number of anilines is 1. The Morgan fingerprint density at radius 2 is 2.19 bits per heavy atom. The number of nitrogen functional groups attached to an aromatic ring is 1. The van der Waals surface area contributed by atoms with Crippen molar-refractivity contribution >= 4 is 28.4 Å². The van der Waals surface area contributed by atoms with Gasteiger partial charge in [0.25, 0.3) is 0 Å². The molecule has 3 amide bonds. The molecule has 0 radical (unpaired) electrons. The smallest absolute Gasteiger partial charge is 0.318 e. The zero-order valence-corrected chi connectivity index (χ0v) is 8.99. The summed E-state index contributed by atoms with van der Waals surface area (Å²) in [5.41, 5.74) is 10.5. The minimum absolute atomic E-state index is 0.113. The molecule has 1 unspecified atom stereocenters. The Morgan fingerprint density at radius 3 is 2.75 bits per heavy atom. The van der Waals surface area contributed by atoms with Crippen molar-refractivity contribution in [2.75, 3.05) is 11.5 Å². The van der Waals surface area contributed by atoms with Crippen molar-refractivity contribution in [1.29, 1.82) is 0 Å². The molecular weight excluding hydrogens is 232 g/mol. The number of rotatable bonds is 3. The van der Waals surface area contributed by atoms with Gasteiger partial charge in [-0.1, -0.05) is 0 Å². The summed E-state index contributed by atoms with van der Waals surface area (Å²) in [5, 5.41) is 1.91. The Balaban J connectivity index is 2.70. The fourth-order valence-electron chi connectivity index (χ4n) is 0.954. The number of imide groups is 1. The molecule has 5 N–H and O–H groups in total. The van der Waals surface area contributed by atoms with E-state index in [1.807, 2.05) is 0 Å². The summed E-state index contributed by atoms with van der Waals surface area (Å²) >= 11 is 0. The van der Waals surface area contributed by atoms with Crippen molar-refractivity contribution in [2.45, 2.75) is 5.03 Å². The molecular formula is C8H10N4O3S. The summed E-state index contributed by atoms with van der Waals surface area (Å²) in [6.07, 6.45) is 1.41. The Hall–Kier alpha value is -1.96. The topological polar surface area (TPSA) is 128 Å². The van der Waals surface area contributed by atoms with Crippen molar-refractivity contribution in [3.8, 4) is 0 Å². The van der Waals surface area contributed by atoms with Crippen LogP contribution in [0.4, 0.5) is 10.5 Å². The van der Waals surface area contributed by atoms with E-state index in [1.54, 1.807) is 11.4 Å². The van der Waals surface area contributed by atoms with E-state index in [1.165, 1.54) is 12.3 Å². The summed E-state index contributed by atoms with van der Waals surface area (Å²) in [4.78, 5) is 25.2. The van der Waals surface area contributed by atoms with Crippen LogP contribution in [0.2, 0.25) is 0 Å². The molecule has 16 heavy (non-hydrogen) atoms. The van der Waals surface area contributed by atoms with Gasteiger partial charge in [0.05, 0.1) is 16.5 Å². The second kappa shape index (κ2) is 5.21. The third-order valence-corrected chi connectivity index (χ3v) is 2.84. The maximum atomic E-state index is 11.6. The molecule has 0 saturated heterocycles. The van der Waals surface area contributed by atoms with Crippen LogP contribution in [-0.4, -0.2) is 26.9 Å². The molecule has 0 aromatic carbocycles. The number of aromatic nitrogens is 1. The van der Waals surface area contributed by atoms with Crippen molar-refractivity contribution in [1.82, 2.24) is 10.3 Å². The molecule has 0 bridgehead atoms. The number of nitrogens with two attached hydrogens (primary N) is 2. The highest BCUT2D eigenvalue weighted by atomic mass is 32.2. The van der Waals surface area contributed by atoms with E-state index in [2.05, 4.69) is 4.98 Å². The number of nitrogens with one attached hydrogen (secondary N) is 1. The lowest BCUT2D eigenvalue weighted by atomic mass is 10.4. The fourth-order valence-corrected chi connectivity index (χ4v) is 1.91. The van der Waals surface area contributed by atoms with Crippen LogP contribution in [0, 0.1) is 0 Å². The Morgan fingerprint density at radius 1 is 1.50 bits per heavy atom. The molecule has 7 nitrogen and oxygen atoms in total. The highest BCUT2D eigenvalue weighted by molar-refractivity contribution is 7.85. The van der Waals surface area contributed by atoms with E-state index in [0.29, 0.717) is 0 Å². The van der Waals surface area contributed by atoms with E-state index < -0.39 is 28.5 Å². The largest absolute Gasteiger partial charge is 0.396 e. The number of carbonyl (C=O) groups excluding carboxylic acids is 2. The molecule has 1 heterocycles. The Bertz CT molecular complexity index is 449. The zero-order chi connectivity index (χ0) is 12.1. The second-order valence-corrected chi connectivity index (χ2v) is 4.17. The summed E-state index contributed by atoms with van der Waals surface area (Å²) in [5.74, 6) is -1.15. The summed E-state index contributed by atoms with van der Waals surface area (Å²) in [6.45, 7) is 0. The first-order chi connectivity index (χ1) is 7.50. The quantitative estimate of drug-likeness (QED) is 0.624. The van der Waals surface area contributed by atoms with Crippen LogP contribution in [-0.2, 0) is 15.6 Å². The molecule has 86 valence electrons. The average molecular weight is 242 g/mol. The molecule has 0 aliphatic rings. The predicted molar refractivity (Wildman–Crippen MR) is 57.7 cm³/mol. The minimum atomic E-state index is -1.70. The Kier molecular flexibility index (Phi) is 3.95. The molecule has 1 aromatic rings. The van der Waals surface area contributed by atoms with Crippen molar-refractivity contribution < 1.29 is 13.8 Å². The number of primary amides is 1. The van der Waals surface area contributed by atoms with Crippen LogP contribution >= 0.6 is 0 Å². The standard InChI is InChI=1S/C8H10N4O3S/c9-5-2-1-3-11-7(5)16(15)4-6(13)12-8(10)14/h1-3H,4,9H2,(H3,10,12,13,14). The van der Waals surface area contributed by atoms with Gasteiger partial charge in [-0.25, -0.2) is 9.78 Å². The fraction of sp³-hybridized carbons (Fsp3) is 0.125. The lowest BCUT2D eigenvalue weighted by molar-refractivity contribution is -0.117. The van der Waals surface area contributed by atoms with Crippen LogP contribution < -0.4 is 16.8 Å². The highest BCUT2D eigenvalue weighted by Crippen LogP contribution is 2.11. The number of amides is 3. The third kappa shape index (κ3) is 3.31. The van der Waals surface area contributed by atoms with Crippen molar-refractivity contribution in [3.05, 3.63) is 18.3 Å². The normalized spacial score (nSPS) is 11.8. The first-order valence-corrected chi connectivity index (χ1v) is 5.50. The average Bonchev–Trinajstić information content (AvgIpc) is 2.16. The summed E-state index contributed by atoms with van der Waals surface area (Å²) in [6, 6.07) is 2.11. The number of hydrogen-bond acceptors (Lipinski definition) is 5. The van der Waals surface area contributed by atoms with Crippen LogP contribution in [0.1, 0.15) is 0 Å². The SMILES string of the molecule is NC(=O)NC(=O)CS(=O)c1ncccc1N. The second-order valence-electron chi connectivity index (χ2n) is 2.80. The molecule has 0 aliphatic carbocycles. The van der Waals surface area contributed by atoms with Gasteiger partial charge in [-0.2, -0.15) is 0 Å². The number of carbonyl (C=O) groups is 2. The van der Waals surface area contributed by atoms with Crippen molar-refractivity contribution in [3.63, 3.8) is 0 Å². The first-order valence-electron chi connectivity index (χ1n) is 4.19. The van der Waals surface area contributed by atoms with E-state index in [4.69, 9.17) is 11.5 Å². The van der Waals surface area contributed by atoms with E-state index >= 15 is 0 Å². The molecule has 0 fully saturated rings. The number of urea groups is 1. The molecule has 8 heteroatoms. The molecule has 1 atom stereocenters. The molecule has 1 rings (SSSR count). The molecule has 0 spiro atoms. The van der Waals surface area contributed by atoms with Crippen LogP contribution in [0.5, 0.6) is 0 Å². The van der Waals surface area contributed by atoms with Gasteiger partial charge >= 0.3 is 6.03 Å². The van der Waals surface area contributed by atoms with Gasteiger partial charge in [0, 0.05) is 6.20 Å². The molecule has 1 aromatic heterocycles. The number of nitrogens with zero attached hydrogens (tertiary/aromatic N) is 1. The minimum Gasteiger partial charge on any atom is -0.396 e. The van der Waals surface area contributed by atoms with Gasteiger partial charge in [0.2, 0.25) is 5.91 Å². The van der Waals surface area contributed by atoms with Crippen molar-refractivity contribution in [2.24, 2.45) is 5.73 Å². The van der Waals surface area contributed by atoms with E-state index in [9.17, 15) is 13.8 Å². The first kappa shape index (κ1) is 12.1. The highest BCUT2D eigenvalue weighted by Gasteiger charge is 2.14. The van der Waals surface area contributed by atoms with Crippen LogP contribution in [0.25, 0.3) is 0 Å². The van der Waals surface area contributed by atoms with Gasteiger partial charge in [-0.05, 0) is 12.1 Å². The molecule has 0 aliphatic heterocycles. The number of pyridine rings is 1. The summed E-state index contributed by atoms with van der Waals surface area (Å²) in [7, 11) is -1.70. The van der Waals surface area contributed by atoms with Crippen LogP contribution in [0.15, 0.2) is 23.4 Å². The van der Waals surface area contributed by atoms with Crippen LogP contribution in [0.3, 0.4) is 0 Å². The van der Waals surface area contributed by atoms with E-state index in [-0.39, 0.29) is 10.7 Å². The van der Waals surface area contributed by atoms with Gasteiger partial charge in [0.15, 0.2) is 5.03 Å². The lowest BCUT2D eigenvalue weighted by Crippen LogP contribution is -2.37. The van der Waals surface area contributed by atoms with Gasteiger partial charge < -0.3 is 11.5 Å². The van der Waals surface area contributed by atoms with Gasteiger partial charge in [-0.15, -0.1) is 0 Å². The zero-order valence-electron chi connectivity index (χ0n) is 8.17. The maximum absolute atomic E-state index is 11.6. The van der Waals surface area contributed by atoms with Gasteiger partial charge in [-0.3, -0.25) is 14.3 Å².